The highest BCUT2D eigenvalue weighted by Crippen LogP contribution is 2.41. The van der Waals surface area contributed by atoms with Crippen LogP contribution in [0.15, 0.2) is 12.2 Å². The predicted octanol–water partition coefficient (Wildman–Crippen LogP) is 2.28. The summed E-state index contributed by atoms with van der Waals surface area (Å²) < 4.78 is 16.2. The fraction of sp³-hybridized carbons (Fsp3) is 0.786. The molecule has 4 heteroatoms. The van der Waals surface area contributed by atoms with E-state index < -0.39 is 0 Å². The third kappa shape index (κ3) is 3.12. The minimum Gasteiger partial charge on any atom is -0.458 e. The van der Waals surface area contributed by atoms with Gasteiger partial charge in [0.2, 0.25) is 0 Å². The molecule has 0 heterocycles. The predicted molar refractivity (Wildman–Crippen MR) is 66.9 cm³/mol. The third-order valence-corrected chi connectivity index (χ3v) is 3.70. The SMILES string of the molecule is CCCC(=O)O[C@H]1C=C[C@@H]2C[C@H]1[C@H](OCOC)C2. The van der Waals surface area contributed by atoms with Crippen molar-refractivity contribution in [1.29, 1.82) is 0 Å². The lowest BCUT2D eigenvalue weighted by Gasteiger charge is -2.27. The van der Waals surface area contributed by atoms with Crippen molar-refractivity contribution in [3.63, 3.8) is 0 Å². The van der Waals surface area contributed by atoms with Crippen molar-refractivity contribution in [3.8, 4) is 0 Å². The van der Waals surface area contributed by atoms with E-state index in [-0.39, 0.29) is 24.1 Å². The fourth-order valence-electron chi connectivity index (χ4n) is 2.87. The van der Waals surface area contributed by atoms with Crippen LogP contribution in [0.25, 0.3) is 0 Å². The first-order chi connectivity index (χ1) is 8.74. The smallest absolute Gasteiger partial charge is 0.306 e. The average molecular weight is 254 g/mol. The standard InChI is InChI=1S/C14H22O4/c1-3-4-14(15)18-12-6-5-10-7-11(12)13(8-10)17-9-16-2/h5-6,10-13H,3-4,7-9H2,1-2H3/t10-,11-,12+,13-/m1/s1. The zero-order chi connectivity index (χ0) is 13.0. The van der Waals surface area contributed by atoms with Gasteiger partial charge in [-0.25, -0.2) is 0 Å². The molecule has 0 unspecified atom stereocenters. The zero-order valence-corrected chi connectivity index (χ0v) is 11.1. The van der Waals surface area contributed by atoms with Crippen LogP contribution in [0, 0.1) is 11.8 Å². The van der Waals surface area contributed by atoms with E-state index >= 15 is 0 Å². The highest BCUT2D eigenvalue weighted by atomic mass is 16.7. The number of carbonyl (C=O) groups is 1. The minimum absolute atomic E-state index is 0.108. The molecule has 18 heavy (non-hydrogen) atoms. The molecule has 0 aromatic carbocycles. The summed E-state index contributed by atoms with van der Waals surface area (Å²) in [6.45, 7) is 2.29. The van der Waals surface area contributed by atoms with Crippen LogP contribution in [0.5, 0.6) is 0 Å². The van der Waals surface area contributed by atoms with Crippen LogP contribution in [-0.4, -0.2) is 32.1 Å². The number of allylic oxidation sites excluding steroid dienone is 1. The molecule has 1 fully saturated rings. The van der Waals surface area contributed by atoms with Crippen LogP contribution < -0.4 is 0 Å². The molecule has 0 aromatic heterocycles. The van der Waals surface area contributed by atoms with Gasteiger partial charge in [-0.05, 0) is 31.3 Å². The van der Waals surface area contributed by atoms with E-state index in [1.807, 2.05) is 13.0 Å². The summed E-state index contributed by atoms with van der Waals surface area (Å²) in [6, 6.07) is 0. The highest BCUT2D eigenvalue weighted by Gasteiger charge is 2.42. The third-order valence-electron chi connectivity index (χ3n) is 3.70. The van der Waals surface area contributed by atoms with Crippen LogP contribution in [0.2, 0.25) is 0 Å². The molecule has 102 valence electrons. The van der Waals surface area contributed by atoms with Gasteiger partial charge >= 0.3 is 5.97 Å². The van der Waals surface area contributed by atoms with Gasteiger partial charge in [-0.2, -0.15) is 0 Å². The van der Waals surface area contributed by atoms with Gasteiger partial charge in [-0.15, -0.1) is 0 Å². The highest BCUT2D eigenvalue weighted by molar-refractivity contribution is 5.69. The molecule has 4 nitrogen and oxygen atoms in total. The summed E-state index contributed by atoms with van der Waals surface area (Å²) in [6.07, 6.45) is 7.59. The molecule has 0 amide bonds. The Morgan fingerprint density at radius 3 is 2.89 bits per heavy atom. The molecule has 2 aliphatic carbocycles. The van der Waals surface area contributed by atoms with Crippen LogP contribution in [0.4, 0.5) is 0 Å². The largest absolute Gasteiger partial charge is 0.458 e. The van der Waals surface area contributed by atoms with Gasteiger partial charge < -0.3 is 14.2 Å². The van der Waals surface area contributed by atoms with Crippen LogP contribution in [0.3, 0.4) is 0 Å². The second-order valence-corrected chi connectivity index (χ2v) is 5.10. The van der Waals surface area contributed by atoms with Gasteiger partial charge in [0.05, 0.1) is 6.10 Å². The van der Waals surface area contributed by atoms with Crippen molar-refractivity contribution in [2.45, 2.75) is 44.8 Å². The first-order valence-electron chi connectivity index (χ1n) is 6.73. The molecule has 1 saturated carbocycles. The zero-order valence-electron chi connectivity index (χ0n) is 11.1. The lowest BCUT2D eigenvalue weighted by Crippen LogP contribution is -2.33. The monoisotopic (exact) mass is 254 g/mol. The van der Waals surface area contributed by atoms with Gasteiger partial charge in [0, 0.05) is 19.4 Å². The molecular weight excluding hydrogens is 232 g/mol. The summed E-state index contributed by atoms with van der Waals surface area (Å²) in [5, 5.41) is 0. The Balaban J connectivity index is 1.92. The molecule has 2 aliphatic rings. The van der Waals surface area contributed by atoms with Crippen molar-refractivity contribution in [1.82, 2.24) is 0 Å². The van der Waals surface area contributed by atoms with Gasteiger partial charge in [-0.3, -0.25) is 4.79 Å². The Bertz CT molecular complexity index is 313. The Hall–Kier alpha value is -0.870. The lowest BCUT2D eigenvalue weighted by atomic mass is 9.92. The summed E-state index contributed by atoms with van der Waals surface area (Å²) >= 11 is 0. The molecule has 0 radical (unpaired) electrons. The Kier molecular flexibility index (Phi) is 4.78. The number of methoxy groups -OCH3 is 1. The maximum absolute atomic E-state index is 11.6. The lowest BCUT2D eigenvalue weighted by molar-refractivity contribution is -0.153. The van der Waals surface area contributed by atoms with Gasteiger partial charge in [0.1, 0.15) is 12.9 Å². The van der Waals surface area contributed by atoms with E-state index in [4.69, 9.17) is 14.2 Å². The van der Waals surface area contributed by atoms with E-state index in [0.717, 1.165) is 19.3 Å². The van der Waals surface area contributed by atoms with Crippen molar-refractivity contribution in [3.05, 3.63) is 12.2 Å². The summed E-state index contributed by atoms with van der Waals surface area (Å²) in [4.78, 5) is 11.6. The second kappa shape index (κ2) is 6.34. The van der Waals surface area contributed by atoms with Crippen molar-refractivity contribution in [2.75, 3.05) is 13.9 Å². The van der Waals surface area contributed by atoms with E-state index in [1.54, 1.807) is 7.11 Å². The molecule has 0 spiro atoms. The quantitative estimate of drug-likeness (QED) is 0.414. The Morgan fingerprint density at radius 1 is 1.33 bits per heavy atom. The van der Waals surface area contributed by atoms with E-state index in [1.165, 1.54) is 0 Å². The van der Waals surface area contributed by atoms with Crippen molar-refractivity contribution >= 4 is 5.97 Å². The van der Waals surface area contributed by atoms with E-state index in [2.05, 4.69) is 6.08 Å². The minimum atomic E-state index is -0.121. The molecular formula is C14H22O4. The number of carbonyl (C=O) groups excluding carboxylic acids is 1. The fourth-order valence-corrected chi connectivity index (χ4v) is 2.87. The Morgan fingerprint density at radius 2 is 2.17 bits per heavy atom. The van der Waals surface area contributed by atoms with E-state index in [9.17, 15) is 4.79 Å². The number of rotatable bonds is 6. The maximum Gasteiger partial charge on any atom is 0.306 e. The second-order valence-electron chi connectivity index (χ2n) is 5.10. The van der Waals surface area contributed by atoms with Crippen LogP contribution in [0.1, 0.15) is 32.6 Å². The number of hydrogen-bond donors (Lipinski definition) is 0. The number of esters is 1. The first kappa shape index (κ1) is 13.6. The molecule has 0 saturated heterocycles. The summed E-state index contributed by atoms with van der Waals surface area (Å²) in [7, 11) is 1.62. The normalized spacial score (nSPS) is 33.7. The molecule has 2 rings (SSSR count). The number of hydrogen-bond acceptors (Lipinski definition) is 4. The first-order valence-corrected chi connectivity index (χ1v) is 6.73. The van der Waals surface area contributed by atoms with Crippen molar-refractivity contribution < 1.29 is 19.0 Å². The molecule has 4 atom stereocenters. The van der Waals surface area contributed by atoms with E-state index in [0.29, 0.717) is 19.1 Å². The van der Waals surface area contributed by atoms with Gasteiger partial charge in [0.25, 0.3) is 0 Å². The number of fused-ring (bicyclic) bond motifs is 2. The Labute approximate surface area is 108 Å². The van der Waals surface area contributed by atoms with Crippen LogP contribution in [-0.2, 0) is 19.0 Å². The molecule has 0 aliphatic heterocycles. The number of ether oxygens (including phenoxy) is 3. The molecule has 0 N–H and O–H groups in total. The summed E-state index contributed by atoms with van der Waals surface area (Å²) in [5.41, 5.74) is 0. The maximum atomic E-state index is 11.6. The molecule has 2 bridgehead atoms. The molecule has 0 aromatic rings. The van der Waals surface area contributed by atoms with Crippen LogP contribution >= 0.6 is 0 Å². The average Bonchev–Trinajstić information content (AvgIpc) is 2.69. The van der Waals surface area contributed by atoms with Gasteiger partial charge in [-0.1, -0.05) is 13.0 Å². The summed E-state index contributed by atoms with van der Waals surface area (Å²) in [5.74, 6) is 0.747. The topological polar surface area (TPSA) is 44.8 Å². The van der Waals surface area contributed by atoms with Gasteiger partial charge in [0.15, 0.2) is 0 Å². The van der Waals surface area contributed by atoms with Crippen molar-refractivity contribution in [2.24, 2.45) is 11.8 Å².